The Balaban J connectivity index is 3.35. The summed E-state index contributed by atoms with van der Waals surface area (Å²) in [5.74, 6) is 0.0231. The fourth-order valence-electron chi connectivity index (χ4n) is 2.68. The SMILES string of the molecule is C=C(C)C(=O)OC(c1ccc(C)cc1)(C(C)C)C(C)C. The van der Waals surface area contributed by atoms with Gasteiger partial charge in [-0.15, -0.1) is 0 Å². The Morgan fingerprint density at radius 1 is 1.10 bits per heavy atom. The van der Waals surface area contributed by atoms with Gasteiger partial charge in [0, 0.05) is 5.57 Å². The Kier molecular flexibility index (Phi) is 5.15. The van der Waals surface area contributed by atoms with Crippen molar-refractivity contribution in [3.05, 3.63) is 47.5 Å². The lowest BCUT2D eigenvalue weighted by Crippen LogP contribution is -2.42. The maximum atomic E-state index is 12.1. The Morgan fingerprint density at radius 2 is 1.55 bits per heavy atom. The van der Waals surface area contributed by atoms with E-state index in [0.29, 0.717) is 5.57 Å². The maximum Gasteiger partial charge on any atom is 0.334 e. The van der Waals surface area contributed by atoms with Gasteiger partial charge in [0.05, 0.1) is 0 Å². The summed E-state index contributed by atoms with van der Waals surface area (Å²) in [7, 11) is 0. The van der Waals surface area contributed by atoms with E-state index in [1.807, 2.05) is 0 Å². The van der Waals surface area contributed by atoms with Crippen LogP contribution in [0, 0.1) is 18.8 Å². The van der Waals surface area contributed by atoms with Crippen LogP contribution in [-0.4, -0.2) is 5.97 Å². The van der Waals surface area contributed by atoms with Crippen LogP contribution in [0.2, 0.25) is 0 Å². The van der Waals surface area contributed by atoms with Crippen LogP contribution >= 0.6 is 0 Å². The quantitative estimate of drug-likeness (QED) is 0.578. The van der Waals surface area contributed by atoms with Crippen LogP contribution in [0.15, 0.2) is 36.4 Å². The van der Waals surface area contributed by atoms with Gasteiger partial charge in [0.15, 0.2) is 0 Å². The summed E-state index contributed by atoms with van der Waals surface area (Å²) in [6.07, 6.45) is 0. The fourth-order valence-corrected chi connectivity index (χ4v) is 2.68. The zero-order valence-corrected chi connectivity index (χ0v) is 13.5. The van der Waals surface area contributed by atoms with E-state index in [4.69, 9.17) is 4.74 Å². The van der Waals surface area contributed by atoms with Gasteiger partial charge in [-0.3, -0.25) is 0 Å². The minimum absolute atomic E-state index is 0.175. The van der Waals surface area contributed by atoms with E-state index in [-0.39, 0.29) is 17.8 Å². The van der Waals surface area contributed by atoms with Crippen molar-refractivity contribution < 1.29 is 9.53 Å². The third kappa shape index (κ3) is 3.12. The van der Waals surface area contributed by atoms with Crippen LogP contribution < -0.4 is 0 Å². The molecule has 2 nitrogen and oxygen atoms in total. The molecule has 0 bridgehead atoms. The second-order valence-corrected chi connectivity index (χ2v) is 6.14. The molecule has 0 amide bonds. The summed E-state index contributed by atoms with van der Waals surface area (Å²) in [5.41, 5.74) is 2.05. The van der Waals surface area contributed by atoms with Gasteiger partial charge in [-0.1, -0.05) is 64.1 Å². The third-order valence-electron chi connectivity index (χ3n) is 3.83. The van der Waals surface area contributed by atoms with E-state index in [1.165, 1.54) is 5.56 Å². The molecule has 0 unspecified atom stereocenters. The number of ether oxygens (including phenoxy) is 1. The van der Waals surface area contributed by atoms with Crippen LogP contribution in [0.4, 0.5) is 0 Å². The van der Waals surface area contributed by atoms with Gasteiger partial charge in [0.2, 0.25) is 0 Å². The lowest BCUT2D eigenvalue weighted by molar-refractivity contribution is -0.169. The lowest BCUT2D eigenvalue weighted by atomic mass is 9.74. The first-order valence-electron chi connectivity index (χ1n) is 7.17. The first-order chi connectivity index (χ1) is 9.21. The molecule has 1 aromatic carbocycles. The van der Waals surface area contributed by atoms with Gasteiger partial charge in [-0.05, 0) is 31.2 Å². The Bertz CT molecular complexity index is 473. The largest absolute Gasteiger partial charge is 0.450 e. The monoisotopic (exact) mass is 274 g/mol. The van der Waals surface area contributed by atoms with Crippen molar-refractivity contribution in [1.82, 2.24) is 0 Å². The van der Waals surface area contributed by atoms with Gasteiger partial charge in [-0.2, -0.15) is 0 Å². The highest BCUT2D eigenvalue weighted by molar-refractivity contribution is 5.87. The number of hydrogen-bond acceptors (Lipinski definition) is 2. The summed E-state index contributed by atoms with van der Waals surface area (Å²) in [4.78, 5) is 12.1. The number of benzene rings is 1. The first kappa shape index (κ1) is 16.5. The summed E-state index contributed by atoms with van der Waals surface area (Å²) in [6.45, 7) is 15.8. The van der Waals surface area contributed by atoms with E-state index in [2.05, 4.69) is 65.5 Å². The smallest absolute Gasteiger partial charge is 0.334 e. The topological polar surface area (TPSA) is 26.3 Å². The highest BCUT2D eigenvalue weighted by atomic mass is 16.6. The standard InChI is InChI=1S/C18H26O2/c1-12(2)17(19)20-18(13(3)4,14(5)6)16-10-8-15(7)9-11-16/h8-11,13-14H,1H2,2-7H3. The molecule has 1 rings (SSSR count). The number of carbonyl (C=O) groups is 1. The predicted octanol–water partition coefficient (Wildman–Crippen LogP) is 4.62. The van der Waals surface area contributed by atoms with Crippen LogP contribution in [0.3, 0.4) is 0 Å². The van der Waals surface area contributed by atoms with Crippen LogP contribution in [0.1, 0.15) is 45.7 Å². The molecule has 0 fully saturated rings. The molecule has 0 saturated carbocycles. The van der Waals surface area contributed by atoms with Crippen molar-refractivity contribution in [2.75, 3.05) is 0 Å². The average molecular weight is 274 g/mol. The van der Waals surface area contributed by atoms with Crippen molar-refractivity contribution in [3.63, 3.8) is 0 Å². The normalized spacial score (nSPS) is 11.8. The molecule has 0 aliphatic rings. The van der Waals surface area contributed by atoms with E-state index in [9.17, 15) is 4.79 Å². The van der Waals surface area contributed by atoms with Crippen molar-refractivity contribution in [2.45, 2.75) is 47.1 Å². The second kappa shape index (κ2) is 6.25. The molecule has 0 atom stereocenters. The van der Waals surface area contributed by atoms with Gasteiger partial charge < -0.3 is 4.74 Å². The molecule has 20 heavy (non-hydrogen) atoms. The van der Waals surface area contributed by atoms with Crippen molar-refractivity contribution in [3.8, 4) is 0 Å². The van der Waals surface area contributed by atoms with Gasteiger partial charge >= 0.3 is 5.97 Å². The summed E-state index contributed by atoms with van der Waals surface area (Å²) in [6, 6.07) is 8.23. The zero-order valence-electron chi connectivity index (χ0n) is 13.5. The number of aryl methyl sites for hydroxylation is 1. The molecule has 0 saturated heterocycles. The zero-order chi connectivity index (χ0) is 15.5. The van der Waals surface area contributed by atoms with E-state index >= 15 is 0 Å². The molecule has 0 aliphatic carbocycles. The molecule has 2 heteroatoms. The van der Waals surface area contributed by atoms with Crippen molar-refractivity contribution in [2.24, 2.45) is 11.8 Å². The highest BCUT2D eigenvalue weighted by Crippen LogP contribution is 2.41. The first-order valence-corrected chi connectivity index (χ1v) is 7.17. The summed E-state index contributed by atoms with van der Waals surface area (Å²) >= 11 is 0. The second-order valence-electron chi connectivity index (χ2n) is 6.14. The van der Waals surface area contributed by atoms with Crippen LogP contribution in [0.25, 0.3) is 0 Å². The fraction of sp³-hybridized carbons (Fsp3) is 0.500. The van der Waals surface area contributed by atoms with E-state index in [0.717, 1.165) is 5.56 Å². The number of rotatable bonds is 5. The van der Waals surface area contributed by atoms with Gasteiger partial charge in [-0.25, -0.2) is 4.79 Å². The molecular weight excluding hydrogens is 248 g/mol. The molecule has 0 aliphatic heterocycles. The summed E-state index contributed by atoms with van der Waals surface area (Å²) in [5, 5.41) is 0. The molecule has 110 valence electrons. The van der Waals surface area contributed by atoms with E-state index in [1.54, 1.807) is 6.92 Å². The number of esters is 1. The maximum absolute atomic E-state index is 12.1. The highest BCUT2D eigenvalue weighted by Gasteiger charge is 2.42. The summed E-state index contributed by atoms with van der Waals surface area (Å²) < 4.78 is 5.91. The minimum Gasteiger partial charge on any atom is -0.450 e. The third-order valence-corrected chi connectivity index (χ3v) is 3.83. The minimum atomic E-state index is -0.621. The van der Waals surface area contributed by atoms with Crippen molar-refractivity contribution >= 4 is 5.97 Å². The molecule has 0 heterocycles. The molecule has 0 N–H and O–H groups in total. The van der Waals surface area contributed by atoms with Gasteiger partial charge in [0.1, 0.15) is 5.60 Å². The van der Waals surface area contributed by atoms with Gasteiger partial charge in [0.25, 0.3) is 0 Å². The van der Waals surface area contributed by atoms with Crippen molar-refractivity contribution in [1.29, 1.82) is 0 Å². The number of carbonyl (C=O) groups excluding carboxylic acids is 1. The van der Waals surface area contributed by atoms with E-state index < -0.39 is 5.60 Å². The Hall–Kier alpha value is -1.57. The Labute approximate surface area is 122 Å². The molecule has 0 aromatic heterocycles. The predicted molar refractivity (Wildman–Crippen MR) is 83.4 cm³/mol. The average Bonchev–Trinajstić information content (AvgIpc) is 2.35. The molecule has 0 radical (unpaired) electrons. The molecule has 0 spiro atoms. The molecule has 1 aromatic rings. The lowest BCUT2D eigenvalue weighted by Gasteiger charge is -2.41. The van der Waals surface area contributed by atoms with Crippen LogP contribution in [0.5, 0.6) is 0 Å². The Morgan fingerprint density at radius 3 is 1.90 bits per heavy atom. The molecular formula is C18H26O2. The number of hydrogen-bond donors (Lipinski definition) is 0. The van der Waals surface area contributed by atoms with Crippen LogP contribution in [-0.2, 0) is 15.1 Å².